The van der Waals surface area contributed by atoms with E-state index in [1.807, 2.05) is 6.92 Å². The molecular formula is C17H17ClFN5O3. The topological polar surface area (TPSA) is 79.7 Å². The number of halogens is 2. The van der Waals surface area contributed by atoms with Crippen molar-refractivity contribution < 1.29 is 18.7 Å². The Labute approximate surface area is 159 Å². The van der Waals surface area contributed by atoms with E-state index in [1.54, 1.807) is 15.8 Å². The summed E-state index contributed by atoms with van der Waals surface area (Å²) >= 11 is 5.77. The fourth-order valence-corrected chi connectivity index (χ4v) is 3.45. The van der Waals surface area contributed by atoms with Gasteiger partial charge in [0.25, 0.3) is 0 Å². The second-order valence-corrected chi connectivity index (χ2v) is 6.87. The molecule has 1 N–H and O–H groups in total. The first-order chi connectivity index (χ1) is 12.9. The number of hydrogen-bond acceptors (Lipinski definition) is 4. The van der Waals surface area contributed by atoms with Crippen LogP contribution in [0.1, 0.15) is 12.6 Å². The number of rotatable bonds is 2. The Morgan fingerprint density at radius 1 is 1.44 bits per heavy atom. The minimum Gasteiger partial charge on any atom is -0.447 e. The largest absolute Gasteiger partial charge is 0.447 e. The molecule has 2 aliphatic heterocycles. The molecule has 4 rings (SSSR count). The zero-order chi connectivity index (χ0) is 19.1. The maximum absolute atomic E-state index is 13.3. The molecule has 1 atom stereocenters. The van der Waals surface area contributed by atoms with Crippen molar-refractivity contribution in [2.24, 2.45) is 0 Å². The molecule has 1 saturated heterocycles. The number of amides is 3. The molecule has 1 aromatic heterocycles. The van der Waals surface area contributed by atoms with Crippen LogP contribution in [0.3, 0.4) is 0 Å². The maximum atomic E-state index is 13.3. The minimum absolute atomic E-state index is 0.0626. The number of fused-ring (bicyclic) bond motifs is 1. The summed E-state index contributed by atoms with van der Waals surface area (Å²) in [5, 5.41) is 7.00. The van der Waals surface area contributed by atoms with E-state index in [0.29, 0.717) is 31.1 Å². The van der Waals surface area contributed by atoms with Crippen molar-refractivity contribution >= 4 is 35.1 Å². The number of carbonyl (C=O) groups excluding carboxylic acids is 2. The van der Waals surface area contributed by atoms with Gasteiger partial charge in [-0.05, 0) is 25.1 Å². The molecule has 0 saturated carbocycles. The van der Waals surface area contributed by atoms with E-state index in [2.05, 4.69) is 10.4 Å². The van der Waals surface area contributed by atoms with E-state index >= 15 is 0 Å². The first-order valence-electron chi connectivity index (χ1n) is 8.45. The molecule has 0 radical (unpaired) electrons. The number of aromatic nitrogens is 2. The van der Waals surface area contributed by atoms with Crippen molar-refractivity contribution in [1.82, 2.24) is 14.7 Å². The summed E-state index contributed by atoms with van der Waals surface area (Å²) in [5.41, 5.74) is 1.81. The van der Waals surface area contributed by atoms with Crippen LogP contribution in [0.2, 0.25) is 5.02 Å². The van der Waals surface area contributed by atoms with Gasteiger partial charge in [0.05, 0.1) is 48.3 Å². The van der Waals surface area contributed by atoms with E-state index in [-0.39, 0.29) is 23.6 Å². The molecule has 0 bridgehead atoms. The second kappa shape index (κ2) is 6.73. The van der Waals surface area contributed by atoms with Crippen molar-refractivity contribution in [2.45, 2.75) is 26.1 Å². The van der Waals surface area contributed by atoms with Crippen LogP contribution >= 0.6 is 11.6 Å². The lowest BCUT2D eigenvalue weighted by molar-refractivity contribution is 0.161. The number of nitrogens with one attached hydrogen (secondary N) is 1. The Morgan fingerprint density at radius 3 is 2.96 bits per heavy atom. The standard InChI is InChI=1S/C17H17ClFN5O3/c1-10-8-24-15(14(7-20-24)22-4-5-27-17(22)26)9-23(10)16(25)21-11-2-3-13(19)12(18)6-11/h2-3,6-7,10H,4-5,8-9H2,1H3,(H,21,25). The Bertz CT molecular complexity index is 918. The third kappa shape index (κ3) is 3.18. The minimum atomic E-state index is -0.549. The third-order valence-electron chi connectivity index (χ3n) is 4.70. The van der Waals surface area contributed by atoms with Gasteiger partial charge in [0.1, 0.15) is 12.4 Å². The zero-order valence-electron chi connectivity index (χ0n) is 14.5. The molecule has 0 spiro atoms. The van der Waals surface area contributed by atoms with Crippen LogP contribution in [0, 0.1) is 5.82 Å². The van der Waals surface area contributed by atoms with Crippen LogP contribution in [0.15, 0.2) is 24.4 Å². The summed E-state index contributed by atoms with van der Waals surface area (Å²) < 4.78 is 20.1. The average molecular weight is 394 g/mol. The highest BCUT2D eigenvalue weighted by molar-refractivity contribution is 6.31. The molecule has 8 nitrogen and oxygen atoms in total. The molecule has 27 heavy (non-hydrogen) atoms. The molecular weight excluding hydrogens is 377 g/mol. The van der Waals surface area contributed by atoms with E-state index in [1.165, 1.54) is 23.1 Å². The summed E-state index contributed by atoms with van der Waals surface area (Å²) in [6.45, 7) is 3.46. The van der Waals surface area contributed by atoms with Crippen molar-refractivity contribution in [3.8, 4) is 0 Å². The van der Waals surface area contributed by atoms with Crippen molar-refractivity contribution in [3.05, 3.63) is 40.9 Å². The molecule has 142 valence electrons. The highest BCUT2D eigenvalue weighted by Gasteiger charge is 2.34. The van der Waals surface area contributed by atoms with Crippen LogP contribution in [-0.4, -0.2) is 46.0 Å². The molecule has 0 aliphatic carbocycles. The number of urea groups is 1. The quantitative estimate of drug-likeness (QED) is 0.850. The zero-order valence-corrected chi connectivity index (χ0v) is 15.2. The van der Waals surface area contributed by atoms with Crippen LogP contribution in [0.25, 0.3) is 0 Å². The first-order valence-corrected chi connectivity index (χ1v) is 8.83. The molecule has 2 aromatic rings. The van der Waals surface area contributed by atoms with Gasteiger partial charge in [-0.15, -0.1) is 0 Å². The van der Waals surface area contributed by atoms with Gasteiger partial charge < -0.3 is 15.0 Å². The van der Waals surface area contributed by atoms with Gasteiger partial charge in [0.15, 0.2) is 0 Å². The lowest BCUT2D eigenvalue weighted by Gasteiger charge is -2.34. The number of cyclic esters (lactones) is 1. The third-order valence-corrected chi connectivity index (χ3v) is 4.99. The van der Waals surface area contributed by atoms with Crippen LogP contribution in [-0.2, 0) is 17.8 Å². The smallest absolute Gasteiger partial charge is 0.414 e. The number of hydrogen-bond donors (Lipinski definition) is 1. The molecule has 3 amide bonds. The first kappa shape index (κ1) is 17.6. The van der Waals surface area contributed by atoms with Gasteiger partial charge in [-0.3, -0.25) is 9.58 Å². The highest BCUT2D eigenvalue weighted by Crippen LogP contribution is 2.29. The highest BCUT2D eigenvalue weighted by atomic mass is 35.5. The number of ether oxygens (including phenoxy) is 1. The SMILES string of the molecule is CC1Cn2ncc(N3CCOC3=O)c2CN1C(=O)Nc1ccc(F)c(Cl)c1. The van der Waals surface area contributed by atoms with Crippen molar-refractivity contribution in [1.29, 1.82) is 0 Å². The van der Waals surface area contributed by atoms with E-state index in [0.717, 1.165) is 5.69 Å². The number of benzene rings is 1. The van der Waals surface area contributed by atoms with Crippen LogP contribution in [0.4, 0.5) is 25.4 Å². The normalized spacial score (nSPS) is 19.1. The fourth-order valence-electron chi connectivity index (χ4n) is 3.27. The lowest BCUT2D eigenvalue weighted by atomic mass is 10.2. The van der Waals surface area contributed by atoms with Crippen LogP contribution < -0.4 is 10.2 Å². The van der Waals surface area contributed by atoms with Gasteiger partial charge in [-0.25, -0.2) is 14.0 Å². The molecule has 3 heterocycles. The summed E-state index contributed by atoms with van der Waals surface area (Å²) in [4.78, 5) is 27.8. The monoisotopic (exact) mass is 393 g/mol. The molecule has 1 fully saturated rings. The Hall–Kier alpha value is -2.81. The number of anilines is 2. The summed E-state index contributed by atoms with van der Waals surface area (Å²) in [6, 6.07) is 3.55. The second-order valence-electron chi connectivity index (χ2n) is 6.46. The molecule has 2 aliphatic rings. The van der Waals surface area contributed by atoms with Gasteiger partial charge in [-0.2, -0.15) is 5.10 Å². The predicted molar refractivity (Wildman–Crippen MR) is 96.4 cm³/mol. The summed E-state index contributed by atoms with van der Waals surface area (Å²) in [5.74, 6) is -0.549. The summed E-state index contributed by atoms with van der Waals surface area (Å²) in [7, 11) is 0. The Morgan fingerprint density at radius 2 is 2.26 bits per heavy atom. The lowest BCUT2D eigenvalue weighted by Crippen LogP contribution is -2.47. The number of carbonyl (C=O) groups is 2. The van der Waals surface area contributed by atoms with Crippen molar-refractivity contribution in [3.63, 3.8) is 0 Å². The Balaban J connectivity index is 1.55. The van der Waals surface area contributed by atoms with Crippen molar-refractivity contribution in [2.75, 3.05) is 23.4 Å². The van der Waals surface area contributed by atoms with Gasteiger partial charge in [0.2, 0.25) is 0 Å². The molecule has 1 aromatic carbocycles. The Kier molecular flexibility index (Phi) is 4.39. The fraction of sp³-hybridized carbons (Fsp3) is 0.353. The molecule has 10 heteroatoms. The van der Waals surface area contributed by atoms with Crippen LogP contribution in [0.5, 0.6) is 0 Å². The van der Waals surface area contributed by atoms with E-state index in [9.17, 15) is 14.0 Å². The van der Waals surface area contributed by atoms with Gasteiger partial charge in [0, 0.05) is 5.69 Å². The predicted octanol–water partition coefficient (Wildman–Crippen LogP) is 3.07. The molecule has 1 unspecified atom stereocenters. The van der Waals surface area contributed by atoms with Gasteiger partial charge in [-0.1, -0.05) is 11.6 Å². The number of nitrogens with zero attached hydrogens (tertiary/aromatic N) is 4. The summed E-state index contributed by atoms with van der Waals surface area (Å²) in [6.07, 6.45) is 1.21. The van der Waals surface area contributed by atoms with E-state index in [4.69, 9.17) is 16.3 Å². The average Bonchev–Trinajstić information content (AvgIpc) is 3.22. The maximum Gasteiger partial charge on any atom is 0.414 e. The van der Waals surface area contributed by atoms with Gasteiger partial charge >= 0.3 is 12.1 Å². The van der Waals surface area contributed by atoms with E-state index < -0.39 is 11.9 Å².